The first kappa shape index (κ1) is 9.99. The van der Waals surface area contributed by atoms with Gasteiger partial charge in [0.25, 0.3) is 0 Å². The van der Waals surface area contributed by atoms with E-state index in [0.717, 1.165) is 0 Å². The largest absolute Gasteiger partial charge is 0.465 e. The third kappa shape index (κ3) is 1.42. The lowest BCUT2D eigenvalue weighted by Gasteiger charge is -2.20. The van der Waals surface area contributed by atoms with E-state index in [-0.39, 0.29) is 0 Å². The fourth-order valence-corrected chi connectivity index (χ4v) is 1.82. The first-order valence-electron chi connectivity index (χ1n) is 5.16. The van der Waals surface area contributed by atoms with Crippen molar-refractivity contribution in [1.82, 2.24) is 0 Å². The van der Waals surface area contributed by atoms with Crippen LogP contribution in [0.4, 0.5) is 0 Å². The van der Waals surface area contributed by atoms with Gasteiger partial charge in [0.2, 0.25) is 5.60 Å². The van der Waals surface area contributed by atoms with E-state index in [4.69, 9.17) is 13.3 Å². The summed E-state index contributed by atoms with van der Waals surface area (Å²) in [5.74, 6) is 1.05. The Labute approximate surface area is 97.1 Å². The highest BCUT2D eigenvalue weighted by molar-refractivity contribution is 5.34. The second kappa shape index (κ2) is 3.68. The van der Waals surface area contributed by atoms with Crippen LogP contribution in [0.25, 0.3) is 0 Å². The number of rotatable bonds is 3. The minimum atomic E-state index is -1.53. The summed E-state index contributed by atoms with van der Waals surface area (Å²) in [5.41, 5.74) is -1.53. The van der Waals surface area contributed by atoms with Crippen LogP contribution in [0.3, 0.4) is 0 Å². The molecule has 17 heavy (non-hydrogen) atoms. The molecule has 3 aromatic rings. The average molecular weight is 230 g/mol. The molecule has 0 aromatic carbocycles. The van der Waals surface area contributed by atoms with Crippen LogP contribution >= 0.6 is 0 Å². The van der Waals surface area contributed by atoms with Crippen molar-refractivity contribution < 1.29 is 18.4 Å². The van der Waals surface area contributed by atoms with E-state index >= 15 is 0 Å². The SMILES string of the molecule is OC(c1ccco1)(c1ccco1)c1ccco1. The summed E-state index contributed by atoms with van der Waals surface area (Å²) in [4.78, 5) is 0. The van der Waals surface area contributed by atoms with Crippen LogP contribution in [0.1, 0.15) is 17.3 Å². The summed E-state index contributed by atoms with van der Waals surface area (Å²) in [7, 11) is 0. The van der Waals surface area contributed by atoms with Gasteiger partial charge in [-0.15, -0.1) is 0 Å². The Balaban J connectivity index is 2.21. The first-order valence-corrected chi connectivity index (χ1v) is 5.16. The highest BCUT2D eigenvalue weighted by atomic mass is 16.4. The normalized spacial score (nSPS) is 11.8. The van der Waals surface area contributed by atoms with Crippen LogP contribution in [0.5, 0.6) is 0 Å². The molecule has 4 heteroatoms. The smallest absolute Gasteiger partial charge is 0.238 e. The molecule has 0 saturated heterocycles. The number of aliphatic hydroxyl groups is 1. The molecule has 3 heterocycles. The van der Waals surface area contributed by atoms with Gasteiger partial charge >= 0.3 is 0 Å². The van der Waals surface area contributed by atoms with Gasteiger partial charge in [0.05, 0.1) is 18.8 Å². The van der Waals surface area contributed by atoms with Crippen molar-refractivity contribution >= 4 is 0 Å². The third-order valence-electron chi connectivity index (χ3n) is 2.63. The maximum atomic E-state index is 10.8. The molecule has 1 N–H and O–H groups in total. The molecule has 4 nitrogen and oxygen atoms in total. The molecule has 0 unspecified atom stereocenters. The minimum absolute atomic E-state index is 0.349. The van der Waals surface area contributed by atoms with Gasteiger partial charge in [-0.1, -0.05) is 0 Å². The molecule has 3 rings (SSSR count). The lowest BCUT2D eigenvalue weighted by atomic mass is 9.94. The van der Waals surface area contributed by atoms with Crippen LogP contribution in [0.15, 0.2) is 68.4 Å². The molecule has 0 atom stereocenters. The zero-order valence-corrected chi connectivity index (χ0v) is 8.87. The molecule has 3 aromatic heterocycles. The van der Waals surface area contributed by atoms with Gasteiger partial charge in [0.15, 0.2) is 17.3 Å². The van der Waals surface area contributed by atoms with Crippen molar-refractivity contribution in [2.45, 2.75) is 5.60 Å². The van der Waals surface area contributed by atoms with Crippen molar-refractivity contribution in [3.05, 3.63) is 72.5 Å². The Morgan fingerprint density at radius 2 is 1.06 bits per heavy atom. The molecule has 0 aliphatic carbocycles. The first-order chi connectivity index (χ1) is 8.32. The summed E-state index contributed by atoms with van der Waals surface area (Å²) in [6, 6.07) is 10.1. The maximum Gasteiger partial charge on any atom is 0.238 e. The number of furan rings is 3. The molecule has 0 radical (unpaired) electrons. The average Bonchev–Trinajstić information content (AvgIpc) is 3.10. The Kier molecular flexibility index (Phi) is 2.16. The Morgan fingerprint density at radius 3 is 1.29 bits per heavy atom. The van der Waals surface area contributed by atoms with E-state index in [2.05, 4.69) is 0 Å². The molecule has 86 valence electrons. The summed E-state index contributed by atoms with van der Waals surface area (Å²) in [5, 5.41) is 10.8. The molecular formula is C13H10O4. The molecule has 0 aliphatic rings. The highest BCUT2D eigenvalue weighted by Crippen LogP contribution is 2.37. The summed E-state index contributed by atoms with van der Waals surface area (Å²) in [6.45, 7) is 0. The topological polar surface area (TPSA) is 59.7 Å². The summed E-state index contributed by atoms with van der Waals surface area (Å²) >= 11 is 0. The van der Waals surface area contributed by atoms with E-state index in [1.165, 1.54) is 18.8 Å². The highest BCUT2D eigenvalue weighted by Gasteiger charge is 2.42. The van der Waals surface area contributed by atoms with Crippen LogP contribution < -0.4 is 0 Å². The third-order valence-corrected chi connectivity index (χ3v) is 2.63. The zero-order chi connectivity index (χ0) is 11.7. The number of hydrogen-bond donors (Lipinski definition) is 1. The van der Waals surface area contributed by atoms with Gasteiger partial charge in [-0.3, -0.25) is 0 Å². The second-order valence-corrected chi connectivity index (χ2v) is 3.64. The Bertz CT molecular complexity index is 477. The minimum Gasteiger partial charge on any atom is -0.465 e. The fourth-order valence-electron chi connectivity index (χ4n) is 1.82. The Hall–Kier alpha value is -2.20. The molecular weight excluding hydrogens is 220 g/mol. The monoisotopic (exact) mass is 230 g/mol. The number of hydrogen-bond acceptors (Lipinski definition) is 4. The van der Waals surface area contributed by atoms with E-state index in [9.17, 15) is 5.11 Å². The summed E-state index contributed by atoms with van der Waals surface area (Å²) < 4.78 is 15.8. The van der Waals surface area contributed by atoms with Crippen molar-refractivity contribution in [2.75, 3.05) is 0 Å². The second-order valence-electron chi connectivity index (χ2n) is 3.64. The lowest BCUT2D eigenvalue weighted by molar-refractivity contribution is 0.0535. The molecule has 0 bridgehead atoms. The molecule has 0 amide bonds. The molecule has 0 spiro atoms. The van der Waals surface area contributed by atoms with E-state index in [1.807, 2.05) is 0 Å². The van der Waals surface area contributed by atoms with Crippen molar-refractivity contribution in [1.29, 1.82) is 0 Å². The quantitative estimate of drug-likeness (QED) is 0.751. The van der Waals surface area contributed by atoms with Gasteiger partial charge in [0, 0.05) is 0 Å². The molecule has 0 fully saturated rings. The van der Waals surface area contributed by atoms with Gasteiger partial charge in [0.1, 0.15) is 0 Å². The lowest BCUT2D eigenvalue weighted by Crippen LogP contribution is -2.27. The van der Waals surface area contributed by atoms with Crippen molar-refractivity contribution in [3.63, 3.8) is 0 Å². The molecule has 0 saturated carbocycles. The van der Waals surface area contributed by atoms with E-state index in [0.29, 0.717) is 17.3 Å². The fraction of sp³-hybridized carbons (Fsp3) is 0.0769. The van der Waals surface area contributed by atoms with Crippen molar-refractivity contribution in [2.24, 2.45) is 0 Å². The van der Waals surface area contributed by atoms with E-state index in [1.54, 1.807) is 36.4 Å². The summed E-state index contributed by atoms with van der Waals surface area (Å²) in [6.07, 6.45) is 4.48. The van der Waals surface area contributed by atoms with Crippen LogP contribution in [0.2, 0.25) is 0 Å². The van der Waals surface area contributed by atoms with E-state index < -0.39 is 5.60 Å². The molecule has 0 aliphatic heterocycles. The standard InChI is InChI=1S/C13H10O4/c14-13(10-4-1-7-15-10,11-5-2-8-16-11)12-6-3-9-17-12/h1-9,14H. The van der Waals surface area contributed by atoms with Gasteiger partial charge in [-0.2, -0.15) is 0 Å². The van der Waals surface area contributed by atoms with Gasteiger partial charge < -0.3 is 18.4 Å². The zero-order valence-electron chi connectivity index (χ0n) is 8.87. The van der Waals surface area contributed by atoms with Crippen LogP contribution in [0, 0.1) is 0 Å². The van der Waals surface area contributed by atoms with Crippen molar-refractivity contribution in [3.8, 4) is 0 Å². The van der Waals surface area contributed by atoms with Gasteiger partial charge in [-0.05, 0) is 36.4 Å². The predicted molar refractivity (Wildman–Crippen MR) is 58.2 cm³/mol. The van der Waals surface area contributed by atoms with Gasteiger partial charge in [-0.25, -0.2) is 0 Å². The Morgan fingerprint density at radius 1 is 0.706 bits per heavy atom. The maximum absolute atomic E-state index is 10.8. The predicted octanol–water partition coefficient (Wildman–Crippen LogP) is 2.75. The van der Waals surface area contributed by atoms with Crippen LogP contribution in [-0.2, 0) is 5.60 Å². The van der Waals surface area contributed by atoms with Crippen LogP contribution in [-0.4, -0.2) is 5.11 Å².